The third-order valence-corrected chi connectivity index (χ3v) is 3.52. The summed E-state index contributed by atoms with van der Waals surface area (Å²) >= 11 is 1.20. The quantitative estimate of drug-likeness (QED) is 0.807. The fraction of sp³-hybridized carbons (Fsp3) is 0.154. The van der Waals surface area contributed by atoms with E-state index >= 15 is 0 Å². The highest BCUT2D eigenvalue weighted by atomic mass is 32.1. The van der Waals surface area contributed by atoms with Crippen molar-refractivity contribution in [3.63, 3.8) is 0 Å². The van der Waals surface area contributed by atoms with E-state index in [4.69, 9.17) is 5.11 Å². The van der Waals surface area contributed by atoms with Crippen molar-refractivity contribution in [2.24, 2.45) is 0 Å². The third-order valence-electron chi connectivity index (χ3n) is 2.49. The Morgan fingerprint density at radius 2 is 2.00 bits per heavy atom. The van der Waals surface area contributed by atoms with E-state index in [1.54, 1.807) is 19.1 Å². The summed E-state index contributed by atoms with van der Waals surface area (Å²) in [5.74, 6) is -1.08. The minimum absolute atomic E-state index is 0.0119. The van der Waals surface area contributed by atoms with Gasteiger partial charge in [-0.25, -0.2) is 14.6 Å². The van der Waals surface area contributed by atoms with Crippen LogP contribution in [0.3, 0.4) is 0 Å². The molecule has 2 amide bonds. The molecule has 0 fully saturated rings. The molecule has 104 valence electrons. The number of anilines is 1. The predicted octanol–water partition coefficient (Wildman–Crippen LogP) is 2.72. The number of aromatic carboxylic acids is 1. The van der Waals surface area contributed by atoms with Crippen LogP contribution in [0.25, 0.3) is 0 Å². The van der Waals surface area contributed by atoms with Crippen molar-refractivity contribution in [2.45, 2.75) is 13.0 Å². The van der Waals surface area contributed by atoms with Crippen LogP contribution in [-0.4, -0.2) is 22.1 Å². The molecular formula is C13H13N3O3S. The minimum atomic E-state index is -1.08. The number of carboxylic acid groups (broad SMARTS) is 1. The molecule has 0 aliphatic carbocycles. The summed E-state index contributed by atoms with van der Waals surface area (Å²) in [5, 5.41) is 16.2. The van der Waals surface area contributed by atoms with Crippen LogP contribution < -0.4 is 10.6 Å². The van der Waals surface area contributed by atoms with E-state index in [9.17, 15) is 9.59 Å². The number of nitrogens with one attached hydrogen (secondary N) is 2. The number of amides is 2. The van der Waals surface area contributed by atoms with Gasteiger partial charge in [0, 0.05) is 11.1 Å². The molecule has 6 nitrogen and oxygen atoms in total. The highest BCUT2D eigenvalue weighted by molar-refractivity contribution is 7.09. The topological polar surface area (TPSA) is 91.3 Å². The smallest absolute Gasteiger partial charge is 0.355 e. The molecule has 7 heteroatoms. The van der Waals surface area contributed by atoms with Crippen molar-refractivity contribution in [3.05, 3.63) is 46.4 Å². The second kappa shape index (κ2) is 6.16. The van der Waals surface area contributed by atoms with Crippen molar-refractivity contribution in [1.29, 1.82) is 0 Å². The van der Waals surface area contributed by atoms with Gasteiger partial charge in [-0.1, -0.05) is 18.2 Å². The van der Waals surface area contributed by atoms with Crippen LogP contribution >= 0.6 is 11.3 Å². The van der Waals surface area contributed by atoms with Gasteiger partial charge in [0.15, 0.2) is 5.69 Å². The van der Waals surface area contributed by atoms with Crippen LogP contribution in [0, 0.1) is 0 Å². The van der Waals surface area contributed by atoms with Crippen molar-refractivity contribution in [3.8, 4) is 0 Å². The van der Waals surface area contributed by atoms with E-state index < -0.39 is 5.97 Å². The maximum absolute atomic E-state index is 11.8. The summed E-state index contributed by atoms with van der Waals surface area (Å²) in [5.41, 5.74) is 0.671. The Hall–Kier alpha value is -2.41. The molecule has 0 spiro atoms. The molecule has 1 heterocycles. The number of carbonyl (C=O) groups is 2. The van der Waals surface area contributed by atoms with Gasteiger partial charge in [-0.2, -0.15) is 0 Å². The largest absolute Gasteiger partial charge is 0.476 e. The molecule has 0 bridgehead atoms. The fourth-order valence-electron chi connectivity index (χ4n) is 1.53. The molecule has 1 unspecified atom stereocenters. The first-order chi connectivity index (χ1) is 9.56. The van der Waals surface area contributed by atoms with Crippen LogP contribution in [-0.2, 0) is 0 Å². The summed E-state index contributed by atoms with van der Waals surface area (Å²) in [7, 11) is 0. The van der Waals surface area contributed by atoms with Crippen LogP contribution in [0.1, 0.15) is 28.5 Å². The molecule has 0 radical (unpaired) electrons. The molecule has 0 saturated heterocycles. The first-order valence-electron chi connectivity index (χ1n) is 5.87. The molecule has 1 atom stereocenters. The second-order valence-electron chi connectivity index (χ2n) is 4.06. The van der Waals surface area contributed by atoms with Crippen LogP contribution in [0.5, 0.6) is 0 Å². The average molecular weight is 291 g/mol. The van der Waals surface area contributed by atoms with Gasteiger partial charge in [0.1, 0.15) is 5.01 Å². The summed E-state index contributed by atoms with van der Waals surface area (Å²) in [4.78, 5) is 26.5. The molecule has 0 aliphatic rings. The van der Waals surface area contributed by atoms with Crippen molar-refractivity contribution in [2.75, 3.05) is 5.32 Å². The molecule has 0 aliphatic heterocycles. The van der Waals surface area contributed by atoms with Gasteiger partial charge >= 0.3 is 12.0 Å². The number of rotatable bonds is 4. The molecule has 1 aromatic heterocycles. The molecular weight excluding hydrogens is 278 g/mol. The number of hydrogen-bond acceptors (Lipinski definition) is 4. The zero-order valence-electron chi connectivity index (χ0n) is 10.7. The SMILES string of the molecule is CC(NC(=O)Nc1ccccc1)c1nc(C(=O)O)cs1. The van der Waals surface area contributed by atoms with E-state index in [-0.39, 0.29) is 17.8 Å². The van der Waals surface area contributed by atoms with Gasteiger partial charge in [0.25, 0.3) is 0 Å². The van der Waals surface area contributed by atoms with Gasteiger partial charge in [0.05, 0.1) is 6.04 Å². The number of carboxylic acids is 1. The molecule has 2 aromatic rings. The van der Waals surface area contributed by atoms with Gasteiger partial charge in [0.2, 0.25) is 0 Å². The van der Waals surface area contributed by atoms with Gasteiger partial charge in [-0.15, -0.1) is 11.3 Å². The Morgan fingerprint density at radius 1 is 1.30 bits per heavy atom. The Bertz CT molecular complexity index is 612. The standard InChI is InChI=1S/C13H13N3O3S/c1-8(11-16-10(7-20-11)12(17)18)14-13(19)15-9-5-3-2-4-6-9/h2-8H,1H3,(H,17,18)(H2,14,15,19). The summed E-state index contributed by atoms with van der Waals surface area (Å²) in [6, 6.07) is 8.31. The maximum atomic E-state index is 11.8. The molecule has 20 heavy (non-hydrogen) atoms. The maximum Gasteiger partial charge on any atom is 0.355 e. The summed E-state index contributed by atoms with van der Waals surface area (Å²) in [6.45, 7) is 1.75. The van der Waals surface area contributed by atoms with Crippen molar-refractivity contribution in [1.82, 2.24) is 10.3 Å². The van der Waals surface area contributed by atoms with Crippen LogP contribution in [0.15, 0.2) is 35.7 Å². The third kappa shape index (κ3) is 3.55. The van der Waals surface area contributed by atoms with E-state index in [0.717, 1.165) is 0 Å². The van der Waals surface area contributed by atoms with Gasteiger partial charge in [-0.3, -0.25) is 0 Å². The zero-order chi connectivity index (χ0) is 14.5. The number of nitrogens with zero attached hydrogens (tertiary/aromatic N) is 1. The first-order valence-corrected chi connectivity index (χ1v) is 6.75. The van der Waals surface area contributed by atoms with E-state index in [1.165, 1.54) is 16.7 Å². The normalized spacial score (nSPS) is 11.7. The number of aromatic nitrogens is 1. The Balaban J connectivity index is 1.95. The van der Waals surface area contributed by atoms with E-state index in [0.29, 0.717) is 10.7 Å². The van der Waals surface area contributed by atoms with Crippen LogP contribution in [0.2, 0.25) is 0 Å². The van der Waals surface area contributed by atoms with Crippen molar-refractivity contribution >= 4 is 29.0 Å². The number of hydrogen-bond donors (Lipinski definition) is 3. The predicted molar refractivity (Wildman–Crippen MR) is 76.1 cm³/mol. The van der Waals surface area contributed by atoms with Gasteiger partial charge < -0.3 is 15.7 Å². The number of benzene rings is 1. The zero-order valence-corrected chi connectivity index (χ0v) is 11.5. The van der Waals surface area contributed by atoms with E-state index in [2.05, 4.69) is 15.6 Å². The van der Waals surface area contributed by atoms with Crippen LogP contribution in [0.4, 0.5) is 10.5 Å². The minimum Gasteiger partial charge on any atom is -0.476 e. The Kier molecular flexibility index (Phi) is 4.31. The highest BCUT2D eigenvalue weighted by Crippen LogP contribution is 2.18. The molecule has 1 aromatic carbocycles. The first kappa shape index (κ1) is 14.0. The Morgan fingerprint density at radius 3 is 2.60 bits per heavy atom. The summed E-state index contributed by atoms with van der Waals surface area (Å²) < 4.78 is 0. The number of urea groups is 1. The number of para-hydroxylation sites is 1. The lowest BCUT2D eigenvalue weighted by Crippen LogP contribution is -2.31. The summed E-state index contributed by atoms with van der Waals surface area (Å²) in [6.07, 6.45) is 0. The molecule has 0 saturated carbocycles. The fourth-order valence-corrected chi connectivity index (χ4v) is 2.33. The lowest BCUT2D eigenvalue weighted by Gasteiger charge is -2.12. The Labute approximate surface area is 119 Å². The van der Waals surface area contributed by atoms with E-state index in [1.807, 2.05) is 18.2 Å². The van der Waals surface area contributed by atoms with Gasteiger partial charge in [-0.05, 0) is 19.1 Å². The average Bonchev–Trinajstić information content (AvgIpc) is 2.89. The number of thiazole rings is 1. The second-order valence-corrected chi connectivity index (χ2v) is 4.95. The molecule has 3 N–H and O–H groups in total. The lowest BCUT2D eigenvalue weighted by atomic mass is 10.3. The highest BCUT2D eigenvalue weighted by Gasteiger charge is 2.15. The lowest BCUT2D eigenvalue weighted by molar-refractivity contribution is 0.0691. The number of carbonyl (C=O) groups excluding carboxylic acids is 1. The van der Waals surface area contributed by atoms with Crippen molar-refractivity contribution < 1.29 is 14.7 Å². The monoisotopic (exact) mass is 291 g/mol. The molecule has 2 rings (SSSR count).